The van der Waals surface area contributed by atoms with Crippen LogP contribution in [0, 0.1) is 5.92 Å². The van der Waals surface area contributed by atoms with Gasteiger partial charge in [0.15, 0.2) is 0 Å². The summed E-state index contributed by atoms with van der Waals surface area (Å²) in [4.78, 5) is 25.4. The summed E-state index contributed by atoms with van der Waals surface area (Å²) in [6, 6.07) is 12.3. The van der Waals surface area contributed by atoms with Crippen LogP contribution in [0.1, 0.15) is 120 Å². The summed E-state index contributed by atoms with van der Waals surface area (Å²) in [5.41, 5.74) is 19.8. The third-order valence-electron chi connectivity index (χ3n) is 11.4. The highest BCUT2D eigenvalue weighted by molar-refractivity contribution is 5.74. The summed E-state index contributed by atoms with van der Waals surface area (Å²) in [5.74, 6) is 1.14. The largest absolute Gasteiger partial charge is 0.427 e. The van der Waals surface area contributed by atoms with Gasteiger partial charge in [0.05, 0.1) is 0 Å². The highest BCUT2D eigenvalue weighted by Gasteiger charge is 2.44. The smallest absolute Gasteiger partial charge is 0.311 e. The van der Waals surface area contributed by atoms with E-state index in [-0.39, 0.29) is 47.7 Å². The van der Waals surface area contributed by atoms with Crippen molar-refractivity contribution < 1.29 is 19.1 Å². The number of allylic oxidation sites excluding steroid dienone is 1. The Morgan fingerprint density at radius 2 is 1.41 bits per heavy atom. The molecule has 0 spiro atoms. The van der Waals surface area contributed by atoms with Crippen molar-refractivity contribution >= 4 is 11.9 Å². The maximum absolute atomic E-state index is 12.7. The third-order valence-corrected chi connectivity index (χ3v) is 11.4. The average molecular weight is 599 g/mol. The molecule has 4 aliphatic carbocycles. The van der Waals surface area contributed by atoms with Gasteiger partial charge in [-0.2, -0.15) is 0 Å². The zero-order valence-electron chi connectivity index (χ0n) is 26.7. The second kappa shape index (κ2) is 12.8. The summed E-state index contributed by atoms with van der Waals surface area (Å²) in [6.45, 7) is 4.55. The monoisotopic (exact) mass is 598 g/mol. The van der Waals surface area contributed by atoms with E-state index in [1.54, 1.807) is 0 Å². The van der Waals surface area contributed by atoms with Gasteiger partial charge in [0.2, 0.25) is 0 Å². The van der Waals surface area contributed by atoms with Crippen molar-refractivity contribution in [3.8, 4) is 11.5 Å². The van der Waals surface area contributed by atoms with E-state index in [4.69, 9.17) is 20.9 Å². The maximum Gasteiger partial charge on any atom is 0.311 e. The van der Waals surface area contributed by atoms with Crippen molar-refractivity contribution in [2.45, 2.75) is 133 Å². The van der Waals surface area contributed by atoms with Crippen molar-refractivity contribution in [1.29, 1.82) is 0 Å². The summed E-state index contributed by atoms with van der Waals surface area (Å²) in [7, 11) is 0. The number of fused-ring (bicyclic) bond motifs is 8. The normalized spacial score (nSPS) is 30.6. The zero-order valence-corrected chi connectivity index (χ0v) is 26.7. The molecule has 1 fully saturated rings. The second-order valence-corrected chi connectivity index (χ2v) is 14.4. The molecule has 0 aromatic heterocycles. The summed E-state index contributed by atoms with van der Waals surface area (Å²) < 4.78 is 11.5. The lowest BCUT2D eigenvalue weighted by molar-refractivity contribution is -0.136. The number of benzene rings is 2. The lowest BCUT2D eigenvalue weighted by atomic mass is 9.60. The fourth-order valence-electron chi connectivity index (χ4n) is 8.62. The van der Waals surface area contributed by atoms with Crippen LogP contribution >= 0.6 is 0 Å². The number of hydrogen-bond acceptors (Lipinski definition) is 6. The number of esters is 2. The van der Waals surface area contributed by atoms with Gasteiger partial charge in [-0.05, 0) is 110 Å². The van der Waals surface area contributed by atoms with Crippen LogP contribution < -0.4 is 20.9 Å². The topological polar surface area (TPSA) is 105 Å². The molecule has 0 amide bonds. The average Bonchev–Trinajstić information content (AvgIpc) is 3.00. The Morgan fingerprint density at radius 3 is 2.11 bits per heavy atom. The van der Waals surface area contributed by atoms with E-state index in [2.05, 4.69) is 38.1 Å². The van der Waals surface area contributed by atoms with E-state index in [1.807, 2.05) is 18.2 Å². The van der Waals surface area contributed by atoms with Gasteiger partial charge >= 0.3 is 11.9 Å². The minimum Gasteiger partial charge on any atom is -0.427 e. The Morgan fingerprint density at radius 1 is 0.795 bits per heavy atom. The Labute approximate surface area is 262 Å². The summed E-state index contributed by atoms with van der Waals surface area (Å²) >= 11 is 0. The van der Waals surface area contributed by atoms with E-state index < -0.39 is 0 Å². The number of nitrogens with two attached hydrogens (primary N) is 2. The lowest BCUT2D eigenvalue weighted by Gasteiger charge is -2.47. The lowest BCUT2D eigenvalue weighted by Crippen LogP contribution is -2.52. The number of hydrogen-bond donors (Lipinski definition) is 2. The second-order valence-electron chi connectivity index (χ2n) is 14.4. The van der Waals surface area contributed by atoms with Crippen LogP contribution in [0.4, 0.5) is 0 Å². The predicted molar refractivity (Wildman–Crippen MR) is 174 cm³/mol. The summed E-state index contributed by atoms with van der Waals surface area (Å²) in [6.07, 6.45) is 16.3. The van der Waals surface area contributed by atoms with Gasteiger partial charge in [0.25, 0.3) is 0 Å². The fraction of sp³-hybridized carbons (Fsp3) is 0.579. The number of unbranched alkanes of at least 4 members (excludes halogenated alkanes) is 1. The Balaban J connectivity index is 1.00. The van der Waals surface area contributed by atoms with Crippen LogP contribution in [0.15, 0.2) is 48.0 Å². The minimum atomic E-state index is -0.279. The Bertz CT molecular complexity index is 1430. The molecule has 44 heavy (non-hydrogen) atoms. The highest BCUT2D eigenvalue weighted by Crippen LogP contribution is 2.47. The van der Waals surface area contributed by atoms with Crippen molar-refractivity contribution in [1.82, 2.24) is 0 Å². The molecule has 2 aromatic rings. The van der Waals surface area contributed by atoms with Crippen molar-refractivity contribution in [2.75, 3.05) is 0 Å². The van der Waals surface area contributed by atoms with Crippen molar-refractivity contribution in [3.63, 3.8) is 0 Å². The number of ether oxygens (including phenoxy) is 2. The van der Waals surface area contributed by atoms with Gasteiger partial charge in [0, 0.05) is 35.8 Å². The number of carbonyl (C=O) groups is 2. The molecule has 0 radical (unpaired) electrons. The first kappa shape index (κ1) is 31.0. The molecule has 1 saturated carbocycles. The number of carbonyl (C=O) groups excluding carboxylic acids is 2. The van der Waals surface area contributed by atoms with Crippen molar-refractivity contribution in [3.05, 3.63) is 70.3 Å². The molecule has 236 valence electrons. The van der Waals surface area contributed by atoms with Gasteiger partial charge in [-0.25, -0.2) is 0 Å². The third kappa shape index (κ3) is 6.12. The van der Waals surface area contributed by atoms with Crippen LogP contribution in [0.5, 0.6) is 11.5 Å². The first-order valence-corrected chi connectivity index (χ1v) is 17.1. The molecule has 2 aromatic carbocycles. The zero-order chi connectivity index (χ0) is 30.9. The molecule has 4 bridgehead atoms. The van der Waals surface area contributed by atoms with Gasteiger partial charge in [0.1, 0.15) is 11.5 Å². The van der Waals surface area contributed by atoms with Crippen LogP contribution in [0.2, 0.25) is 0 Å². The van der Waals surface area contributed by atoms with E-state index >= 15 is 0 Å². The first-order valence-electron chi connectivity index (χ1n) is 17.1. The molecule has 0 aliphatic heterocycles. The number of rotatable bonds is 7. The van der Waals surface area contributed by atoms with E-state index in [9.17, 15) is 9.59 Å². The van der Waals surface area contributed by atoms with Crippen LogP contribution in [-0.4, -0.2) is 24.0 Å². The van der Waals surface area contributed by atoms with E-state index in [0.717, 1.165) is 38.5 Å². The standard InChI is InChI=1S/C38H50N2O4/c1-37-19-9-3-5-11-27(35(37)39)21-25-15-17-29(23-31(25)37)43-33(41)13-7-8-14-34(42)44-30-18-16-26-22-28-12-6-4-10-20-38(2,36(28)40)32(26)24-30/h11,15-18,23-24,28,35-36H,3-10,12-14,19-22,39-40H2,1-2H3/b27-11-/t28-,35-,36-,37+,38+/m0/s1. The molecule has 6 heteroatoms. The Kier molecular flexibility index (Phi) is 9.03. The van der Waals surface area contributed by atoms with Gasteiger partial charge in [-0.15, -0.1) is 0 Å². The van der Waals surface area contributed by atoms with Crippen LogP contribution in [0.3, 0.4) is 0 Å². The van der Waals surface area contributed by atoms with Gasteiger partial charge < -0.3 is 20.9 Å². The molecule has 5 atom stereocenters. The molecule has 0 saturated heterocycles. The SMILES string of the molecule is C[C@@]12CCCC/C=C(/Cc3ccc(OC(=O)CCCCC(=O)Oc4ccc5c(c4)[C@@]4(C)CCCCC[C@@H](C5)[C@@H]4N)cc31)[C@@H]2N. The minimum absolute atomic E-state index is 0.00302. The van der Waals surface area contributed by atoms with Crippen LogP contribution in [0.25, 0.3) is 0 Å². The highest BCUT2D eigenvalue weighted by atomic mass is 16.5. The van der Waals surface area contributed by atoms with Crippen molar-refractivity contribution in [2.24, 2.45) is 17.4 Å². The predicted octanol–water partition coefficient (Wildman–Crippen LogP) is 7.12. The van der Waals surface area contributed by atoms with Gasteiger partial charge in [-0.3, -0.25) is 9.59 Å². The van der Waals surface area contributed by atoms with Gasteiger partial charge in [-0.1, -0.05) is 63.3 Å². The molecular formula is C38H50N2O4. The summed E-state index contributed by atoms with van der Waals surface area (Å²) in [5, 5.41) is 0. The molecule has 4 aliphatic rings. The van der Waals surface area contributed by atoms with E-state index in [1.165, 1.54) is 59.9 Å². The molecule has 6 nitrogen and oxygen atoms in total. The molecular weight excluding hydrogens is 548 g/mol. The van der Waals surface area contributed by atoms with E-state index in [0.29, 0.717) is 30.3 Å². The Hall–Kier alpha value is -2.96. The molecule has 0 heterocycles. The fourth-order valence-corrected chi connectivity index (χ4v) is 8.62. The molecule has 6 rings (SSSR count). The quantitative estimate of drug-likeness (QED) is 0.152. The maximum atomic E-state index is 12.7. The molecule has 0 unspecified atom stereocenters. The molecule has 4 N–H and O–H groups in total. The first-order chi connectivity index (χ1) is 21.2. The van der Waals surface area contributed by atoms with Crippen LogP contribution in [-0.2, 0) is 33.3 Å².